The molecule has 8 nitrogen and oxygen atoms in total. The highest BCUT2D eigenvalue weighted by Crippen LogP contribution is 2.30. The number of nitrogens with zero attached hydrogens (tertiary/aromatic N) is 1. The SMILES string of the molecule is Cc1cc(CN(CCOc2ccc(S(C)(=O)=O)cc2)Cc2ccco2)cc(C)c1OC(C)(C)C(=O)OC(C)(C)C. The Morgan fingerprint density at radius 1 is 0.950 bits per heavy atom. The van der Waals surface area contributed by atoms with Crippen molar-refractivity contribution in [2.75, 3.05) is 19.4 Å². The number of furan rings is 1. The molecule has 1 aromatic heterocycles. The first kappa shape index (κ1) is 31.2. The van der Waals surface area contributed by atoms with E-state index in [0.717, 1.165) is 22.5 Å². The lowest BCUT2D eigenvalue weighted by molar-refractivity contribution is -0.171. The summed E-state index contributed by atoms with van der Waals surface area (Å²) in [5.41, 5.74) is 1.18. The van der Waals surface area contributed by atoms with E-state index in [1.807, 2.05) is 46.8 Å². The van der Waals surface area contributed by atoms with Gasteiger partial charge in [0.05, 0.1) is 17.7 Å². The lowest BCUT2D eigenvalue weighted by Crippen LogP contribution is -2.43. The molecule has 0 bridgehead atoms. The van der Waals surface area contributed by atoms with Gasteiger partial charge in [-0.3, -0.25) is 4.90 Å². The van der Waals surface area contributed by atoms with E-state index in [4.69, 9.17) is 18.6 Å². The van der Waals surface area contributed by atoms with Gasteiger partial charge in [-0.05, 0) is 102 Å². The van der Waals surface area contributed by atoms with Crippen molar-refractivity contribution in [2.24, 2.45) is 0 Å². The van der Waals surface area contributed by atoms with Gasteiger partial charge in [0.15, 0.2) is 15.4 Å². The van der Waals surface area contributed by atoms with Gasteiger partial charge in [0.25, 0.3) is 0 Å². The highest BCUT2D eigenvalue weighted by molar-refractivity contribution is 7.90. The van der Waals surface area contributed by atoms with Crippen LogP contribution in [0.5, 0.6) is 11.5 Å². The van der Waals surface area contributed by atoms with Gasteiger partial charge in [0, 0.05) is 19.3 Å². The zero-order valence-electron chi connectivity index (χ0n) is 24.7. The topological polar surface area (TPSA) is 95.3 Å². The van der Waals surface area contributed by atoms with E-state index >= 15 is 0 Å². The summed E-state index contributed by atoms with van der Waals surface area (Å²) in [6.45, 7) is 15.1. The maximum Gasteiger partial charge on any atom is 0.350 e. The standard InChI is InChI=1S/C31H41NO7S/c1-22-18-24(19-23(2)28(22)38-31(6,7)29(33)39-30(3,4)5)20-32(21-26-10-9-16-36-26)15-17-37-25-11-13-27(14-12-25)40(8,34)35/h9-14,16,18-19H,15,17,20-21H2,1-8H3. The third kappa shape index (κ3) is 9.13. The molecule has 0 atom stereocenters. The molecule has 0 fully saturated rings. The molecule has 0 radical (unpaired) electrons. The van der Waals surface area contributed by atoms with E-state index in [-0.39, 0.29) is 4.90 Å². The zero-order valence-corrected chi connectivity index (χ0v) is 25.6. The molecular formula is C31H41NO7S. The van der Waals surface area contributed by atoms with E-state index in [0.29, 0.717) is 37.7 Å². The third-order valence-corrected chi connectivity index (χ3v) is 7.19. The molecule has 3 aromatic rings. The van der Waals surface area contributed by atoms with E-state index in [1.165, 1.54) is 6.26 Å². The van der Waals surface area contributed by atoms with Crippen LogP contribution in [0.3, 0.4) is 0 Å². The molecular weight excluding hydrogens is 530 g/mol. The molecule has 40 heavy (non-hydrogen) atoms. The van der Waals surface area contributed by atoms with Gasteiger partial charge in [-0.1, -0.05) is 12.1 Å². The fourth-order valence-corrected chi connectivity index (χ4v) is 4.79. The van der Waals surface area contributed by atoms with Crippen molar-refractivity contribution in [3.05, 3.63) is 77.2 Å². The number of ether oxygens (including phenoxy) is 3. The number of esters is 1. The maximum atomic E-state index is 12.7. The molecule has 0 aliphatic heterocycles. The minimum absolute atomic E-state index is 0.256. The lowest BCUT2D eigenvalue weighted by Gasteiger charge is -2.30. The molecule has 0 spiro atoms. The van der Waals surface area contributed by atoms with Gasteiger partial charge in [0.1, 0.15) is 29.5 Å². The molecule has 1 heterocycles. The van der Waals surface area contributed by atoms with Crippen LogP contribution >= 0.6 is 0 Å². The van der Waals surface area contributed by atoms with E-state index in [1.54, 1.807) is 44.4 Å². The van der Waals surface area contributed by atoms with E-state index < -0.39 is 27.0 Å². The molecule has 0 aliphatic rings. The molecule has 218 valence electrons. The molecule has 9 heteroatoms. The summed E-state index contributed by atoms with van der Waals surface area (Å²) in [4.78, 5) is 15.2. The zero-order chi connectivity index (χ0) is 29.7. The molecule has 0 amide bonds. The average Bonchev–Trinajstić information content (AvgIpc) is 3.33. The van der Waals surface area contributed by atoms with Crippen molar-refractivity contribution in [1.29, 1.82) is 0 Å². The quantitative estimate of drug-likeness (QED) is 0.249. The van der Waals surface area contributed by atoms with Gasteiger partial charge in [-0.2, -0.15) is 0 Å². The predicted molar refractivity (Wildman–Crippen MR) is 154 cm³/mol. The molecule has 0 aliphatic carbocycles. The minimum atomic E-state index is -3.26. The van der Waals surface area contributed by atoms with Crippen LogP contribution in [0.4, 0.5) is 0 Å². The summed E-state index contributed by atoms with van der Waals surface area (Å²) in [5.74, 6) is 1.69. The number of hydrogen-bond donors (Lipinski definition) is 0. The molecule has 0 saturated carbocycles. The average molecular weight is 572 g/mol. The Kier molecular flexibility index (Phi) is 9.74. The summed E-state index contributed by atoms with van der Waals surface area (Å²) in [6, 6.07) is 14.3. The smallest absolute Gasteiger partial charge is 0.350 e. The fourth-order valence-electron chi connectivity index (χ4n) is 4.16. The van der Waals surface area contributed by atoms with Crippen LogP contribution in [0.25, 0.3) is 0 Å². The van der Waals surface area contributed by atoms with Crippen molar-refractivity contribution in [2.45, 2.75) is 77.7 Å². The number of aryl methyl sites for hydroxylation is 2. The largest absolute Gasteiger partial charge is 0.492 e. The minimum Gasteiger partial charge on any atom is -0.492 e. The van der Waals surface area contributed by atoms with Crippen LogP contribution in [0.1, 0.15) is 57.1 Å². The fraction of sp³-hybridized carbons (Fsp3) is 0.452. The Balaban J connectivity index is 1.71. The van der Waals surface area contributed by atoms with E-state index in [2.05, 4.69) is 17.0 Å². The van der Waals surface area contributed by atoms with Crippen LogP contribution in [0.15, 0.2) is 64.1 Å². The van der Waals surface area contributed by atoms with Gasteiger partial charge in [0.2, 0.25) is 0 Å². The number of carbonyl (C=O) groups excluding carboxylic acids is 1. The third-order valence-electron chi connectivity index (χ3n) is 6.06. The van der Waals surface area contributed by atoms with Crippen LogP contribution in [-0.2, 0) is 32.5 Å². The first-order valence-corrected chi connectivity index (χ1v) is 15.1. The Morgan fingerprint density at radius 3 is 2.10 bits per heavy atom. The second kappa shape index (κ2) is 12.5. The number of carbonyl (C=O) groups is 1. The van der Waals surface area contributed by atoms with Crippen molar-refractivity contribution in [3.63, 3.8) is 0 Å². The highest BCUT2D eigenvalue weighted by Gasteiger charge is 2.35. The Bertz CT molecular complexity index is 1360. The first-order chi connectivity index (χ1) is 18.5. The van der Waals surface area contributed by atoms with Crippen LogP contribution < -0.4 is 9.47 Å². The second-order valence-electron chi connectivity index (χ2n) is 11.6. The van der Waals surface area contributed by atoms with Crippen molar-refractivity contribution >= 4 is 15.8 Å². The summed E-state index contributed by atoms with van der Waals surface area (Å²) in [6.07, 6.45) is 2.83. The molecule has 0 unspecified atom stereocenters. The maximum absolute atomic E-state index is 12.7. The normalized spacial score (nSPS) is 12.4. The van der Waals surface area contributed by atoms with E-state index in [9.17, 15) is 13.2 Å². The second-order valence-corrected chi connectivity index (χ2v) is 13.6. The monoisotopic (exact) mass is 571 g/mol. The number of sulfone groups is 1. The molecule has 0 N–H and O–H groups in total. The summed E-state index contributed by atoms with van der Waals surface area (Å²) in [7, 11) is -3.26. The van der Waals surface area contributed by atoms with Gasteiger partial charge in [-0.15, -0.1) is 0 Å². The number of rotatable bonds is 12. The molecule has 0 saturated heterocycles. The van der Waals surface area contributed by atoms with Crippen LogP contribution in [-0.4, -0.2) is 49.9 Å². The van der Waals surface area contributed by atoms with Crippen molar-refractivity contribution in [1.82, 2.24) is 4.90 Å². The molecule has 2 aromatic carbocycles. The van der Waals surface area contributed by atoms with Gasteiger partial charge >= 0.3 is 5.97 Å². The summed E-state index contributed by atoms with van der Waals surface area (Å²) in [5, 5.41) is 0. The lowest BCUT2D eigenvalue weighted by atomic mass is 10.0. The Morgan fingerprint density at radius 2 is 1.57 bits per heavy atom. The summed E-state index contributed by atoms with van der Waals surface area (Å²) < 4.78 is 46.7. The van der Waals surface area contributed by atoms with Crippen LogP contribution in [0, 0.1) is 13.8 Å². The Hall–Kier alpha value is -3.30. The first-order valence-electron chi connectivity index (χ1n) is 13.2. The van der Waals surface area contributed by atoms with Gasteiger partial charge in [-0.25, -0.2) is 13.2 Å². The van der Waals surface area contributed by atoms with Crippen LogP contribution in [0.2, 0.25) is 0 Å². The van der Waals surface area contributed by atoms with Crippen molar-refractivity contribution in [3.8, 4) is 11.5 Å². The Labute approximate surface area is 238 Å². The number of benzene rings is 2. The number of hydrogen-bond acceptors (Lipinski definition) is 8. The van der Waals surface area contributed by atoms with Crippen molar-refractivity contribution < 1.29 is 31.8 Å². The molecule has 3 rings (SSSR count). The summed E-state index contributed by atoms with van der Waals surface area (Å²) >= 11 is 0. The predicted octanol–water partition coefficient (Wildman–Crippen LogP) is 5.88. The van der Waals surface area contributed by atoms with Gasteiger partial charge < -0.3 is 18.6 Å². The highest BCUT2D eigenvalue weighted by atomic mass is 32.2.